The second-order valence-corrected chi connectivity index (χ2v) is 4.22. The molecular weight excluding hydrogens is 205 g/mol. The van der Waals surface area contributed by atoms with Crippen LogP contribution in [0.4, 0.5) is 5.69 Å². The third-order valence-corrected chi connectivity index (χ3v) is 3.31. The number of nitrogens with two attached hydrogens (primary N) is 1. The Morgan fingerprint density at radius 3 is 2.62 bits per heavy atom. The van der Waals surface area contributed by atoms with Crippen molar-refractivity contribution in [2.24, 2.45) is 0 Å². The third kappa shape index (κ3) is 1.51. The molecule has 1 aromatic carbocycles. The summed E-state index contributed by atoms with van der Waals surface area (Å²) in [6, 6.07) is 1.96. The smallest absolute Gasteiger partial charge is 0.0695 e. The molecule has 13 heavy (non-hydrogen) atoms. The average Bonchev–Trinajstić information content (AvgIpc) is 2.15. The Morgan fingerprint density at radius 1 is 1.15 bits per heavy atom. The topological polar surface area (TPSA) is 26.0 Å². The first-order valence-corrected chi connectivity index (χ1v) is 5.21. The Morgan fingerprint density at radius 2 is 1.85 bits per heavy atom. The highest BCUT2D eigenvalue weighted by Gasteiger charge is 2.16. The minimum absolute atomic E-state index is 0.531. The van der Waals surface area contributed by atoms with Gasteiger partial charge in [0.15, 0.2) is 0 Å². The van der Waals surface area contributed by atoms with E-state index in [1.807, 2.05) is 6.07 Å². The van der Waals surface area contributed by atoms with E-state index in [1.165, 1.54) is 24.0 Å². The lowest BCUT2D eigenvalue weighted by molar-refractivity contribution is 0.686. The van der Waals surface area contributed by atoms with E-state index < -0.39 is 0 Å². The van der Waals surface area contributed by atoms with E-state index in [0.29, 0.717) is 15.7 Å². The summed E-state index contributed by atoms with van der Waals surface area (Å²) in [6.07, 6.45) is 4.54. The van der Waals surface area contributed by atoms with Gasteiger partial charge in [-0.3, -0.25) is 0 Å². The molecule has 0 aromatic heterocycles. The van der Waals surface area contributed by atoms with Crippen LogP contribution in [0.25, 0.3) is 0 Å². The molecule has 0 heterocycles. The van der Waals surface area contributed by atoms with Gasteiger partial charge in [-0.15, -0.1) is 0 Å². The van der Waals surface area contributed by atoms with Crippen LogP contribution in [0.15, 0.2) is 6.07 Å². The molecule has 3 heteroatoms. The minimum Gasteiger partial charge on any atom is -0.396 e. The van der Waals surface area contributed by atoms with Gasteiger partial charge in [-0.2, -0.15) is 0 Å². The fraction of sp³-hybridized carbons (Fsp3) is 0.400. The SMILES string of the molecule is Nc1c(Cl)cc2c(c1Cl)CCCC2. The number of aryl methyl sites for hydroxylation is 1. The second-order valence-electron chi connectivity index (χ2n) is 3.43. The van der Waals surface area contributed by atoms with Gasteiger partial charge in [0, 0.05) is 0 Å². The third-order valence-electron chi connectivity index (χ3n) is 2.57. The van der Waals surface area contributed by atoms with Gasteiger partial charge in [-0.25, -0.2) is 0 Å². The van der Waals surface area contributed by atoms with Crippen LogP contribution in [0.5, 0.6) is 0 Å². The molecule has 0 fully saturated rings. The molecule has 0 saturated heterocycles. The summed E-state index contributed by atoms with van der Waals surface area (Å²) in [7, 11) is 0. The van der Waals surface area contributed by atoms with Gasteiger partial charge in [0.25, 0.3) is 0 Å². The van der Waals surface area contributed by atoms with Crippen molar-refractivity contribution >= 4 is 28.9 Å². The molecule has 1 aromatic rings. The molecule has 0 bridgehead atoms. The normalized spacial score (nSPS) is 15.5. The molecule has 0 atom stereocenters. The van der Waals surface area contributed by atoms with Crippen LogP contribution in [0.2, 0.25) is 10.0 Å². The van der Waals surface area contributed by atoms with Crippen LogP contribution < -0.4 is 5.73 Å². The maximum Gasteiger partial charge on any atom is 0.0695 e. The van der Waals surface area contributed by atoms with Crippen molar-refractivity contribution in [3.63, 3.8) is 0 Å². The fourth-order valence-corrected chi connectivity index (χ4v) is 2.43. The van der Waals surface area contributed by atoms with Crippen LogP contribution in [0.3, 0.4) is 0 Å². The zero-order valence-electron chi connectivity index (χ0n) is 7.24. The molecule has 1 aliphatic rings. The van der Waals surface area contributed by atoms with Crippen molar-refractivity contribution in [1.29, 1.82) is 0 Å². The van der Waals surface area contributed by atoms with Gasteiger partial charge in [-0.1, -0.05) is 23.2 Å². The van der Waals surface area contributed by atoms with Crippen LogP contribution >= 0.6 is 23.2 Å². The zero-order valence-corrected chi connectivity index (χ0v) is 8.75. The highest BCUT2D eigenvalue weighted by atomic mass is 35.5. The fourth-order valence-electron chi connectivity index (χ4n) is 1.84. The molecule has 70 valence electrons. The predicted molar refractivity (Wildman–Crippen MR) is 57.5 cm³/mol. The minimum atomic E-state index is 0.531. The monoisotopic (exact) mass is 215 g/mol. The van der Waals surface area contributed by atoms with Gasteiger partial charge in [0.2, 0.25) is 0 Å². The molecular formula is C10H11Cl2N. The number of halogens is 2. The Labute approximate surface area is 87.8 Å². The molecule has 1 aliphatic carbocycles. The Bertz CT molecular complexity index is 347. The lowest BCUT2D eigenvalue weighted by atomic mass is 9.91. The molecule has 0 amide bonds. The van der Waals surface area contributed by atoms with E-state index in [-0.39, 0.29) is 0 Å². The van der Waals surface area contributed by atoms with Gasteiger partial charge in [0.1, 0.15) is 0 Å². The molecule has 0 saturated carbocycles. The van der Waals surface area contributed by atoms with Crippen LogP contribution in [-0.4, -0.2) is 0 Å². The lowest BCUT2D eigenvalue weighted by Gasteiger charge is -2.18. The van der Waals surface area contributed by atoms with Crippen molar-refractivity contribution in [1.82, 2.24) is 0 Å². The predicted octanol–water partition coefficient (Wildman–Crippen LogP) is 3.45. The van der Waals surface area contributed by atoms with E-state index in [1.54, 1.807) is 0 Å². The summed E-state index contributed by atoms with van der Waals surface area (Å²) in [5, 5.41) is 1.26. The second kappa shape index (κ2) is 3.39. The number of benzene rings is 1. The largest absolute Gasteiger partial charge is 0.396 e. The zero-order chi connectivity index (χ0) is 9.42. The van der Waals surface area contributed by atoms with Crippen molar-refractivity contribution in [3.05, 3.63) is 27.2 Å². The summed E-state index contributed by atoms with van der Waals surface area (Å²) in [6.45, 7) is 0. The van der Waals surface area contributed by atoms with Crippen LogP contribution in [0, 0.1) is 0 Å². The van der Waals surface area contributed by atoms with Gasteiger partial charge >= 0.3 is 0 Å². The van der Waals surface area contributed by atoms with Crippen molar-refractivity contribution in [3.8, 4) is 0 Å². The van der Waals surface area contributed by atoms with Gasteiger partial charge in [0.05, 0.1) is 15.7 Å². The highest BCUT2D eigenvalue weighted by Crippen LogP contribution is 2.36. The number of rotatable bonds is 0. The average molecular weight is 216 g/mol. The van der Waals surface area contributed by atoms with Gasteiger partial charge < -0.3 is 5.73 Å². The maximum atomic E-state index is 6.11. The number of hydrogen-bond donors (Lipinski definition) is 1. The first-order valence-electron chi connectivity index (χ1n) is 4.45. The standard InChI is InChI=1S/C10H11Cl2N/c11-8-5-6-3-1-2-4-7(6)9(12)10(8)13/h5H,1-4,13H2. The molecule has 0 unspecified atom stereocenters. The lowest BCUT2D eigenvalue weighted by Crippen LogP contribution is -2.05. The van der Waals surface area contributed by atoms with E-state index in [2.05, 4.69) is 0 Å². The molecule has 2 N–H and O–H groups in total. The summed E-state index contributed by atoms with van der Waals surface area (Å²) in [4.78, 5) is 0. The number of nitrogen functional groups attached to an aromatic ring is 1. The first kappa shape index (κ1) is 9.17. The van der Waals surface area contributed by atoms with Crippen molar-refractivity contribution in [2.75, 3.05) is 5.73 Å². The highest BCUT2D eigenvalue weighted by molar-refractivity contribution is 6.39. The van der Waals surface area contributed by atoms with E-state index in [0.717, 1.165) is 12.8 Å². The van der Waals surface area contributed by atoms with Gasteiger partial charge in [-0.05, 0) is 42.9 Å². The molecule has 0 aliphatic heterocycles. The van der Waals surface area contributed by atoms with E-state index in [9.17, 15) is 0 Å². The summed E-state index contributed by atoms with van der Waals surface area (Å²) in [5.41, 5.74) is 8.75. The summed E-state index contributed by atoms with van der Waals surface area (Å²) in [5.74, 6) is 0. The van der Waals surface area contributed by atoms with Crippen LogP contribution in [-0.2, 0) is 12.8 Å². The molecule has 0 spiro atoms. The Balaban J connectivity index is 2.60. The number of anilines is 1. The van der Waals surface area contributed by atoms with E-state index >= 15 is 0 Å². The molecule has 2 rings (SSSR count). The number of hydrogen-bond acceptors (Lipinski definition) is 1. The summed E-state index contributed by atoms with van der Waals surface area (Å²) >= 11 is 12.0. The maximum absolute atomic E-state index is 6.11. The molecule has 1 nitrogen and oxygen atoms in total. The van der Waals surface area contributed by atoms with Crippen molar-refractivity contribution in [2.45, 2.75) is 25.7 Å². The van der Waals surface area contributed by atoms with E-state index in [4.69, 9.17) is 28.9 Å². The van der Waals surface area contributed by atoms with Crippen LogP contribution in [0.1, 0.15) is 24.0 Å². The first-order chi connectivity index (χ1) is 6.20. The molecule has 0 radical (unpaired) electrons. The van der Waals surface area contributed by atoms with Crippen molar-refractivity contribution < 1.29 is 0 Å². The Kier molecular flexibility index (Phi) is 2.39. The number of fused-ring (bicyclic) bond motifs is 1. The Hall–Kier alpha value is -0.400. The summed E-state index contributed by atoms with van der Waals surface area (Å²) < 4.78 is 0. The quantitative estimate of drug-likeness (QED) is 0.660.